The van der Waals surface area contributed by atoms with Gasteiger partial charge in [-0.3, -0.25) is 4.79 Å². The summed E-state index contributed by atoms with van der Waals surface area (Å²) < 4.78 is 5.39. The van der Waals surface area contributed by atoms with E-state index in [1.807, 2.05) is 67.6 Å². The molecule has 1 atom stereocenters. The average molecular weight is 282 g/mol. The second kappa shape index (κ2) is 6.75. The zero-order valence-electron chi connectivity index (χ0n) is 12.1. The van der Waals surface area contributed by atoms with Crippen LogP contribution in [-0.4, -0.2) is 18.2 Å². The lowest BCUT2D eigenvalue weighted by atomic mass is 9.90. The molecule has 3 nitrogen and oxygen atoms in total. The van der Waals surface area contributed by atoms with E-state index in [9.17, 15) is 9.90 Å². The van der Waals surface area contributed by atoms with Crippen LogP contribution in [-0.2, 0) is 4.79 Å². The van der Waals surface area contributed by atoms with E-state index in [-0.39, 0.29) is 0 Å². The quantitative estimate of drug-likeness (QED) is 0.903. The molecule has 21 heavy (non-hydrogen) atoms. The van der Waals surface area contributed by atoms with Gasteiger partial charge in [-0.1, -0.05) is 54.6 Å². The van der Waals surface area contributed by atoms with Crippen LogP contribution in [0.3, 0.4) is 0 Å². The molecule has 0 aliphatic rings. The number of rotatable bonds is 5. The van der Waals surface area contributed by atoms with Gasteiger partial charge in [0.1, 0.15) is 11.7 Å². The number of carbonyl (C=O) groups is 1. The van der Waals surface area contributed by atoms with Gasteiger partial charge in [0.05, 0.1) is 7.11 Å². The maximum absolute atomic E-state index is 11.7. The Bertz CT molecular complexity index is 645. The Hall–Kier alpha value is -2.55. The first-order valence-corrected chi connectivity index (χ1v) is 6.75. The normalized spacial score (nSPS) is 12.3. The first-order valence-electron chi connectivity index (χ1n) is 6.75. The lowest BCUT2D eigenvalue weighted by molar-refractivity contribution is -0.137. The number of carboxylic acids is 1. The Balaban J connectivity index is 2.53. The number of allylic oxidation sites excluding steroid dienone is 1. The zero-order valence-corrected chi connectivity index (χ0v) is 12.1. The molecule has 0 radical (unpaired) electrons. The fourth-order valence-corrected chi connectivity index (χ4v) is 2.36. The Morgan fingerprint density at radius 3 is 2.48 bits per heavy atom. The van der Waals surface area contributed by atoms with Crippen LogP contribution in [0.1, 0.15) is 29.5 Å². The van der Waals surface area contributed by atoms with Crippen LogP contribution in [0.2, 0.25) is 0 Å². The first kappa shape index (κ1) is 14.9. The van der Waals surface area contributed by atoms with Gasteiger partial charge >= 0.3 is 5.97 Å². The van der Waals surface area contributed by atoms with E-state index in [0.29, 0.717) is 11.3 Å². The van der Waals surface area contributed by atoms with Crippen molar-refractivity contribution < 1.29 is 14.6 Å². The van der Waals surface area contributed by atoms with Crippen molar-refractivity contribution in [2.75, 3.05) is 7.11 Å². The van der Waals surface area contributed by atoms with E-state index >= 15 is 0 Å². The molecule has 0 aliphatic carbocycles. The van der Waals surface area contributed by atoms with Gasteiger partial charge in [0.25, 0.3) is 0 Å². The number of ether oxygens (including phenoxy) is 1. The second-order valence-corrected chi connectivity index (χ2v) is 4.68. The predicted molar refractivity (Wildman–Crippen MR) is 83.6 cm³/mol. The topological polar surface area (TPSA) is 46.5 Å². The summed E-state index contributed by atoms with van der Waals surface area (Å²) in [5.41, 5.74) is 2.38. The zero-order chi connectivity index (χ0) is 15.2. The van der Waals surface area contributed by atoms with Gasteiger partial charge in [-0.25, -0.2) is 0 Å². The van der Waals surface area contributed by atoms with Crippen molar-refractivity contribution in [3.63, 3.8) is 0 Å². The SMILES string of the molecule is CC=Cc1ccc(C(C(=O)O)c2ccccc2)c(OC)c1. The second-order valence-electron chi connectivity index (χ2n) is 4.68. The Morgan fingerprint density at radius 1 is 1.19 bits per heavy atom. The van der Waals surface area contributed by atoms with Crippen molar-refractivity contribution in [2.45, 2.75) is 12.8 Å². The highest BCUT2D eigenvalue weighted by molar-refractivity contribution is 5.81. The summed E-state index contributed by atoms with van der Waals surface area (Å²) in [6.45, 7) is 1.93. The monoisotopic (exact) mass is 282 g/mol. The van der Waals surface area contributed by atoms with Crippen molar-refractivity contribution in [1.82, 2.24) is 0 Å². The molecule has 1 unspecified atom stereocenters. The third-order valence-electron chi connectivity index (χ3n) is 3.31. The molecule has 0 saturated carbocycles. The van der Waals surface area contributed by atoms with Crippen molar-refractivity contribution >= 4 is 12.0 Å². The van der Waals surface area contributed by atoms with Gasteiger partial charge in [-0.05, 0) is 24.1 Å². The lowest BCUT2D eigenvalue weighted by Crippen LogP contribution is -2.14. The molecule has 0 amide bonds. The molecule has 2 aromatic rings. The highest BCUT2D eigenvalue weighted by Gasteiger charge is 2.25. The van der Waals surface area contributed by atoms with Crippen LogP contribution in [0, 0.1) is 0 Å². The molecule has 0 fully saturated rings. The fraction of sp³-hybridized carbons (Fsp3) is 0.167. The molecule has 0 spiro atoms. The summed E-state index contributed by atoms with van der Waals surface area (Å²) in [6, 6.07) is 14.8. The summed E-state index contributed by atoms with van der Waals surface area (Å²) in [6.07, 6.45) is 3.88. The van der Waals surface area contributed by atoms with Crippen LogP contribution < -0.4 is 4.74 Å². The standard InChI is InChI=1S/C18H18O3/c1-3-7-13-10-11-15(16(12-13)21-2)17(18(19)20)14-8-5-4-6-9-14/h3-12,17H,1-2H3,(H,19,20). The average Bonchev–Trinajstić information content (AvgIpc) is 2.50. The van der Waals surface area contributed by atoms with Gasteiger partial charge < -0.3 is 9.84 Å². The third-order valence-corrected chi connectivity index (χ3v) is 3.31. The molecule has 3 heteroatoms. The minimum Gasteiger partial charge on any atom is -0.496 e. The molecule has 0 aliphatic heterocycles. The number of methoxy groups -OCH3 is 1. The van der Waals surface area contributed by atoms with Crippen molar-refractivity contribution in [1.29, 1.82) is 0 Å². The lowest BCUT2D eigenvalue weighted by Gasteiger charge is -2.17. The van der Waals surface area contributed by atoms with E-state index in [1.54, 1.807) is 7.11 Å². The first-order chi connectivity index (χ1) is 10.2. The Labute approximate surface area is 124 Å². The molecule has 2 aromatic carbocycles. The number of carboxylic acid groups (broad SMARTS) is 1. The molecular formula is C18H18O3. The summed E-state index contributed by atoms with van der Waals surface area (Å²) in [5.74, 6) is -1.04. The molecule has 0 heterocycles. The minimum atomic E-state index is -0.890. The van der Waals surface area contributed by atoms with Crippen LogP contribution in [0.5, 0.6) is 5.75 Å². The molecule has 1 N–H and O–H groups in total. The van der Waals surface area contributed by atoms with Crippen LogP contribution in [0.25, 0.3) is 6.08 Å². The Morgan fingerprint density at radius 2 is 1.90 bits per heavy atom. The molecular weight excluding hydrogens is 264 g/mol. The van der Waals surface area contributed by atoms with E-state index in [2.05, 4.69) is 0 Å². The van der Waals surface area contributed by atoms with Gasteiger partial charge in [0.15, 0.2) is 0 Å². The van der Waals surface area contributed by atoms with Crippen molar-refractivity contribution in [3.8, 4) is 5.75 Å². The molecule has 0 aromatic heterocycles. The molecule has 0 saturated heterocycles. The number of benzene rings is 2. The maximum atomic E-state index is 11.7. The third kappa shape index (κ3) is 3.31. The van der Waals surface area contributed by atoms with Crippen molar-refractivity contribution in [3.05, 3.63) is 71.3 Å². The highest BCUT2D eigenvalue weighted by atomic mass is 16.5. The fourth-order valence-electron chi connectivity index (χ4n) is 2.36. The number of hydrogen-bond acceptors (Lipinski definition) is 2. The molecule has 2 rings (SSSR count). The van der Waals surface area contributed by atoms with Crippen LogP contribution >= 0.6 is 0 Å². The molecule has 108 valence electrons. The van der Waals surface area contributed by atoms with E-state index in [0.717, 1.165) is 11.1 Å². The Kier molecular flexibility index (Phi) is 4.77. The predicted octanol–water partition coefficient (Wildman–Crippen LogP) is 3.94. The largest absolute Gasteiger partial charge is 0.496 e. The number of aliphatic carboxylic acids is 1. The van der Waals surface area contributed by atoms with Gasteiger partial charge in [0.2, 0.25) is 0 Å². The van der Waals surface area contributed by atoms with Crippen molar-refractivity contribution in [2.24, 2.45) is 0 Å². The smallest absolute Gasteiger partial charge is 0.315 e. The van der Waals surface area contributed by atoms with E-state index < -0.39 is 11.9 Å². The van der Waals surface area contributed by atoms with Crippen LogP contribution in [0.15, 0.2) is 54.6 Å². The highest BCUT2D eigenvalue weighted by Crippen LogP contribution is 2.33. The number of hydrogen-bond donors (Lipinski definition) is 1. The van der Waals surface area contributed by atoms with Gasteiger partial charge in [-0.15, -0.1) is 0 Å². The minimum absolute atomic E-state index is 0.585. The van der Waals surface area contributed by atoms with E-state index in [1.165, 1.54) is 0 Å². The van der Waals surface area contributed by atoms with Gasteiger partial charge in [0, 0.05) is 5.56 Å². The summed E-state index contributed by atoms with van der Waals surface area (Å²) in [5, 5.41) is 9.60. The molecule has 0 bridgehead atoms. The summed E-state index contributed by atoms with van der Waals surface area (Å²) in [7, 11) is 1.56. The maximum Gasteiger partial charge on any atom is 0.315 e. The van der Waals surface area contributed by atoms with Gasteiger partial charge in [-0.2, -0.15) is 0 Å². The summed E-state index contributed by atoms with van der Waals surface area (Å²) >= 11 is 0. The summed E-state index contributed by atoms with van der Waals surface area (Å²) in [4.78, 5) is 11.7. The van der Waals surface area contributed by atoms with E-state index in [4.69, 9.17) is 4.74 Å². The van der Waals surface area contributed by atoms with Crippen LogP contribution in [0.4, 0.5) is 0 Å².